The monoisotopic (exact) mass is 249 g/mol. The zero-order chi connectivity index (χ0) is 13.4. The van der Waals surface area contributed by atoms with Crippen LogP contribution in [0, 0.1) is 0 Å². The summed E-state index contributed by atoms with van der Waals surface area (Å²) in [5.41, 5.74) is -1.19. The molecular formula is C14H19NO3. The van der Waals surface area contributed by atoms with Crippen LogP contribution in [-0.2, 0) is 11.3 Å². The fourth-order valence-corrected chi connectivity index (χ4v) is 2.20. The van der Waals surface area contributed by atoms with Gasteiger partial charge in [-0.3, -0.25) is 4.90 Å². The van der Waals surface area contributed by atoms with Crippen LogP contribution in [0.4, 0.5) is 4.79 Å². The van der Waals surface area contributed by atoms with E-state index in [9.17, 15) is 9.90 Å². The number of hydrogen-bond donors (Lipinski definition) is 1. The van der Waals surface area contributed by atoms with Crippen molar-refractivity contribution in [3.8, 4) is 0 Å². The number of rotatable bonds is 3. The van der Waals surface area contributed by atoms with Gasteiger partial charge in [0.25, 0.3) is 0 Å². The maximum atomic E-state index is 11.9. The minimum Gasteiger partial charge on any atom is -0.438 e. The highest BCUT2D eigenvalue weighted by atomic mass is 16.6. The summed E-state index contributed by atoms with van der Waals surface area (Å²) >= 11 is 0. The van der Waals surface area contributed by atoms with Gasteiger partial charge < -0.3 is 9.84 Å². The van der Waals surface area contributed by atoms with Crippen molar-refractivity contribution in [1.82, 2.24) is 4.90 Å². The van der Waals surface area contributed by atoms with Crippen LogP contribution < -0.4 is 0 Å². The molecule has 0 aromatic heterocycles. The van der Waals surface area contributed by atoms with Gasteiger partial charge in [-0.05, 0) is 25.8 Å². The Balaban J connectivity index is 2.26. The normalized spacial score (nSPS) is 31.6. The van der Waals surface area contributed by atoms with Crippen molar-refractivity contribution >= 4 is 6.09 Å². The SMILES string of the molecule is CCC1(C)OC(=O)N(Cc2ccccc2)C1(C)O. The van der Waals surface area contributed by atoms with Crippen molar-refractivity contribution in [3.63, 3.8) is 0 Å². The molecule has 1 amide bonds. The van der Waals surface area contributed by atoms with E-state index in [0.717, 1.165) is 5.56 Å². The molecule has 4 nitrogen and oxygen atoms in total. The molecule has 1 aliphatic rings. The first kappa shape index (κ1) is 12.9. The van der Waals surface area contributed by atoms with Gasteiger partial charge in [-0.25, -0.2) is 4.79 Å². The lowest BCUT2D eigenvalue weighted by atomic mass is 9.90. The zero-order valence-electron chi connectivity index (χ0n) is 11.0. The lowest BCUT2D eigenvalue weighted by Crippen LogP contribution is -2.54. The predicted octanol–water partition coefficient (Wildman–Crippen LogP) is 2.52. The van der Waals surface area contributed by atoms with Gasteiger partial charge in [-0.2, -0.15) is 0 Å². The zero-order valence-corrected chi connectivity index (χ0v) is 11.0. The Bertz CT molecular complexity index is 444. The number of aliphatic hydroxyl groups is 1. The quantitative estimate of drug-likeness (QED) is 0.895. The molecule has 1 aromatic carbocycles. The lowest BCUT2D eigenvalue weighted by Gasteiger charge is -2.36. The van der Waals surface area contributed by atoms with Crippen molar-refractivity contribution in [2.75, 3.05) is 0 Å². The average Bonchev–Trinajstić information content (AvgIpc) is 2.51. The van der Waals surface area contributed by atoms with Crippen LogP contribution in [0.1, 0.15) is 32.8 Å². The standard InChI is InChI=1S/C14H19NO3/c1-4-13(2)14(3,17)15(12(16)18-13)10-11-8-6-5-7-9-11/h5-9,17H,4,10H2,1-3H3. The molecule has 1 N–H and O–H groups in total. The van der Waals surface area contributed by atoms with Crippen molar-refractivity contribution in [3.05, 3.63) is 35.9 Å². The van der Waals surface area contributed by atoms with E-state index < -0.39 is 17.4 Å². The molecule has 4 heteroatoms. The van der Waals surface area contributed by atoms with Crippen LogP contribution in [0.25, 0.3) is 0 Å². The number of carbonyl (C=O) groups is 1. The third kappa shape index (κ3) is 1.86. The molecule has 18 heavy (non-hydrogen) atoms. The third-order valence-corrected chi connectivity index (χ3v) is 3.92. The summed E-state index contributed by atoms with van der Waals surface area (Å²) in [7, 11) is 0. The maximum absolute atomic E-state index is 11.9. The minimum atomic E-state index is -1.30. The van der Waals surface area contributed by atoms with E-state index in [-0.39, 0.29) is 0 Å². The first-order valence-electron chi connectivity index (χ1n) is 6.17. The second-order valence-electron chi connectivity index (χ2n) is 5.04. The molecule has 0 aliphatic carbocycles. The van der Waals surface area contributed by atoms with Crippen molar-refractivity contribution in [2.45, 2.75) is 45.1 Å². The number of benzene rings is 1. The first-order valence-corrected chi connectivity index (χ1v) is 6.17. The van der Waals surface area contributed by atoms with E-state index in [1.807, 2.05) is 37.3 Å². The summed E-state index contributed by atoms with van der Waals surface area (Å²) in [6.45, 7) is 5.64. The van der Waals surface area contributed by atoms with E-state index in [2.05, 4.69) is 0 Å². The Kier molecular flexibility index (Phi) is 3.07. The lowest BCUT2D eigenvalue weighted by molar-refractivity contribution is -0.139. The second-order valence-corrected chi connectivity index (χ2v) is 5.04. The summed E-state index contributed by atoms with van der Waals surface area (Å²) in [6, 6.07) is 9.57. The Morgan fingerprint density at radius 3 is 2.39 bits per heavy atom. The van der Waals surface area contributed by atoms with E-state index in [4.69, 9.17) is 4.74 Å². The van der Waals surface area contributed by atoms with Gasteiger partial charge >= 0.3 is 6.09 Å². The average molecular weight is 249 g/mol. The summed E-state index contributed by atoms with van der Waals surface area (Å²) in [5, 5.41) is 10.6. The molecule has 0 radical (unpaired) electrons. The van der Waals surface area contributed by atoms with Crippen molar-refractivity contribution in [2.24, 2.45) is 0 Å². The number of hydrogen-bond acceptors (Lipinski definition) is 3. The van der Waals surface area contributed by atoms with Gasteiger partial charge in [0.05, 0.1) is 6.54 Å². The predicted molar refractivity (Wildman–Crippen MR) is 67.8 cm³/mol. The fraction of sp³-hybridized carbons (Fsp3) is 0.500. The molecule has 2 rings (SSSR count). The van der Waals surface area contributed by atoms with Crippen LogP contribution in [0.5, 0.6) is 0 Å². The summed E-state index contributed by atoms with van der Waals surface area (Å²) in [5.74, 6) is 0. The number of ether oxygens (including phenoxy) is 1. The Labute approximate surface area is 107 Å². The summed E-state index contributed by atoms with van der Waals surface area (Å²) in [4.78, 5) is 13.3. The molecule has 2 unspecified atom stereocenters. The molecular weight excluding hydrogens is 230 g/mol. The van der Waals surface area contributed by atoms with Gasteiger partial charge in [0.2, 0.25) is 0 Å². The Hall–Kier alpha value is -1.55. The van der Waals surface area contributed by atoms with E-state index >= 15 is 0 Å². The molecule has 0 saturated carbocycles. The molecule has 0 bridgehead atoms. The largest absolute Gasteiger partial charge is 0.438 e. The summed E-state index contributed by atoms with van der Waals surface area (Å²) < 4.78 is 5.34. The highest BCUT2D eigenvalue weighted by Gasteiger charge is 2.58. The van der Waals surface area contributed by atoms with Crippen LogP contribution in [0.3, 0.4) is 0 Å². The topological polar surface area (TPSA) is 49.8 Å². The van der Waals surface area contributed by atoms with Gasteiger partial charge in [0.1, 0.15) is 0 Å². The number of cyclic esters (lactones) is 1. The Morgan fingerprint density at radius 1 is 1.28 bits per heavy atom. The van der Waals surface area contributed by atoms with E-state index in [1.165, 1.54) is 4.90 Å². The maximum Gasteiger partial charge on any atom is 0.413 e. The van der Waals surface area contributed by atoms with Gasteiger partial charge in [0, 0.05) is 0 Å². The van der Waals surface area contributed by atoms with Gasteiger partial charge in [-0.15, -0.1) is 0 Å². The molecule has 1 saturated heterocycles. The molecule has 1 fully saturated rings. The summed E-state index contributed by atoms with van der Waals surface area (Å²) in [6.07, 6.45) is 0.102. The number of amides is 1. The highest BCUT2D eigenvalue weighted by Crippen LogP contribution is 2.40. The molecule has 1 heterocycles. The number of carbonyl (C=O) groups excluding carboxylic acids is 1. The molecule has 2 atom stereocenters. The molecule has 1 aromatic rings. The van der Waals surface area contributed by atoms with Gasteiger partial charge in [0.15, 0.2) is 11.3 Å². The first-order chi connectivity index (χ1) is 8.40. The third-order valence-electron chi connectivity index (χ3n) is 3.92. The molecule has 1 aliphatic heterocycles. The highest BCUT2D eigenvalue weighted by molar-refractivity contribution is 5.72. The molecule has 0 spiro atoms. The van der Waals surface area contributed by atoms with Crippen LogP contribution >= 0.6 is 0 Å². The van der Waals surface area contributed by atoms with Crippen LogP contribution in [-0.4, -0.2) is 27.4 Å². The second kappa shape index (κ2) is 4.28. The van der Waals surface area contributed by atoms with Crippen molar-refractivity contribution < 1.29 is 14.6 Å². The minimum absolute atomic E-state index is 0.349. The van der Waals surface area contributed by atoms with E-state index in [1.54, 1.807) is 13.8 Å². The Morgan fingerprint density at radius 2 is 1.89 bits per heavy atom. The fourth-order valence-electron chi connectivity index (χ4n) is 2.20. The van der Waals surface area contributed by atoms with Crippen LogP contribution in [0.15, 0.2) is 30.3 Å². The molecule has 98 valence electrons. The van der Waals surface area contributed by atoms with Gasteiger partial charge in [-0.1, -0.05) is 37.3 Å². The number of nitrogens with zero attached hydrogens (tertiary/aromatic N) is 1. The van der Waals surface area contributed by atoms with E-state index in [0.29, 0.717) is 13.0 Å². The van der Waals surface area contributed by atoms with Crippen molar-refractivity contribution in [1.29, 1.82) is 0 Å². The smallest absolute Gasteiger partial charge is 0.413 e. The van der Waals surface area contributed by atoms with Crippen LogP contribution in [0.2, 0.25) is 0 Å².